The van der Waals surface area contributed by atoms with Crippen LogP contribution in [0.3, 0.4) is 0 Å². The summed E-state index contributed by atoms with van der Waals surface area (Å²) < 4.78 is 0. The molecular weight excluding hydrogens is 264 g/mol. The third-order valence-corrected chi connectivity index (χ3v) is 4.18. The molecule has 1 aromatic rings. The molecule has 1 saturated heterocycles. The van der Waals surface area contributed by atoms with E-state index in [1.807, 2.05) is 51.1 Å². The lowest BCUT2D eigenvalue weighted by molar-refractivity contribution is -0.141. The van der Waals surface area contributed by atoms with Crippen LogP contribution in [0.15, 0.2) is 30.3 Å². The standard InChI is InChI=1S/C17H24N2O2/c1-13(2)18-16(21)17(3)10-12-19(17)11-9-15(20)14-7-5-4-6-8-14/h4-8,13H,9-12H2,1-3H3,(H,18,21). The largest absolute Gasteiger partial charge is 0.352 e. The summed E-state index contributed by atoms with van der Waals surface area (Å²) >= 11 is 0. The molecule has 4 nitrogen and oxygen atoms in total. The fraction of sp³-hybridized carbons (Fsp3) is 0.529. The highest BCUT2D eigenvalue weighted by atomic mass is 16.2. The van der Waals surface area contributed by atoms with Crippen LogP contribution >= 0.6 is 0 Å². The maximum atomic E-state index is 12.2. The Labute approximate surface area is 126 Å². The van der Waals surface area contributed by atoms with E-state index in [0.29, 0.717) is 13.0 Å². The lowest BCUT2D eigenvalue weighted by atomic mass is 9.85. The number of rotatable bonds is 6. The first-order valence-electron chi connectivity index (χ1n) is 7.58. The first kappa shape index (κ1) is 15.7. The Morgan fingerprint density at radius 3 is 2.48 bits per heavy atom. The fourth-order valence-corrected chi connectivity index (χ4v) is 2.64. The lowest BCUT2D eigenvalue weighted by Crippen LogP contribution is -2.66. The molecular formula is C17H24N2O2. The molecule has 1 aliphatic heterocycles. The van der Waals surface area contributed by atoms with Crippen molar-refractivity contribution < 1.29 is 9.59 Å². The van der Waals surface area contributed by atoms with Crippen molar-refractivity contribution in [2.45, 2.75) is 45.2 Å². The molecule has 4 heteroatoms. The van der Waals surface area contributed by atoms with Gasteiger partial charge in [0.05, 0.1) is 5.54 Å². The van der Waals surface area contributed by atoms with E-state index in [4.69, 9.17) is 0 Å². The van der Waals surface area contributed by atoms with E-state index < -0.39 is 5.54 Å². The molecule has 0 aliphatic carbocycles. The number of ketones is 1. The number of likely N-dealkylation sites (tertiary alicyclic amines) is 1. The van der Waals surface area contributed by atoms with Crippen molar-refractivity contribution in [1.82, 2.24) is 10.2 Å². The Kier molecular flexibility index (Phi) is 4.78. The average Bonchev–Trinajstić information content (AvgIpc) is 2.45. The minimum Gasteiger partial charge on any atom is -0.352 e. The first-order chi connectivity index (χ1) is 9.93. The highest BCUT2D eigenvalue weighted by Crippen LogP contribution is 2.30. The van der Waals surface area contributed by atoms with Crippen LogP contribution in [-0.2, 0) is 4.79 Å². The summed E-state index contributed by atoms with van der Waals surface area (Å²) in [4.78, 5) is 26.5. The van der Waals surface area contributed by atoms with Crippen LogP contribution in [0.1, 0.15) is 44.0 Å². The van der Waals surface area contributed by atoms with Gasteiger partial charge in [0.15, 0.2) is 5.78 Å². The third-order valence-electron chi connectivity index (χ3n) is 4.18. The zero-order valence-corrected chi connectivity index (χ0v) is 13.1. The van der Waals surface area contributed by atoms with E-state index in [1.165, 1.54) is 0 Å². The van der Waals surface area contributed by atoms with E-state index in [1.54, 1.807) is 0 Å². The van der Waals surface area contributed by atoms with Gasteiger partial charge in [-0.3, -0.25) is 14.5 Å². The summed E-state index contributed by atoms with van der Waals surface area (Å²) in [6.07, 6.45) is 1.31. The van der Waals surface area contributed by atoms with Gasteiger partial charge in [0.1, 0.15) is 0 Å². The number of carbonyl (C=O) groups is 2. The zero-order valence-electron chi connectivity index (χ0n) is 13.1. The number of nitrogens with one attached hydrogen (secondary N) is 1. The second kappa shape index (κ2) is 6.39. The number of Topliss-reactive ketones (excluding diaryl/α,β-unsaturated/α-hetero) is 1. The Balaban J connectivity index is 1.89. The molecule has 114 valence electrons. The molecule has 1 N–H and O–H groups in total. The molecule has 2 rings (SSSR count). The van der Waals surface area contributed by atoms with Crippen molar-refractivity contribution in [3.63, 3.8) is 0 Å². The van der Waals surface area contributed by atoms with Crippen LogP contribution in [0, 0.1) is 0 Å². The van der Waals surface area contributed by atoms with Gasteiger partial charge >= 0.3 is 0 Å². The Bertz CT molecular complexity index is 513. The van der Waals surface area contributed by atoms with Gasteiger partial charge in [-0.2, -0.15) is 0 Å². The number of amides is 1. The first-order valence-corrected chi connectivity index (χ1v) is 7.58. The van der Waals surface area contributed by atoms with Gasteiger partial charge in [0.2, 0.25) is 5.91 Å². The van der Waals surface area contributed by atoms with Crippen molar-refractivity contribution >= 4 is 11.7 Å². The Hall–Kier alpha value is -1.68. The van der Waals surface area contributed by atoms with Gasteiger partial charge in [0.25, 0.3) is 0 Å². The molecule has 0 bridgehead atoms. The minimum atomic E-state index is -0.457. The second-order valence-corrected chi connectivity index (χ2v) is 6.18. The number of hydrogen-bond donors (Lipinski definition) is 1. The van der Waals surface area contributed by atoms with Crippen molar-refractivity contribution in [2.75, 3.05) is 13.1 Å². The van der Waals surface area contributed by atoms with Crippen LogP contribution in [0.25, 0.3) is 0 Å². The van der Waals surface area contributed by atoms with Crippen molar-refractivity contribution in [3.8, 4) is 0 Å². The molecule has 0 spiro atoms. The summed E-state index contributed by atoms with van der Waals surface area (Å²) in [7, 11) is 0. The number of benzene rings is 1. The van der Waals surface area contributed by atoms with Crippen molar-refractivity contribution in [1.29, 1.82) is 0 Å². The molecule has 0 aromatic heterocycles. The summed E-state index contributed by atoms with van der Waals surface area (Å²) in [5, 5.41) is 2.97. The van der Waals surface area contributed by atoms with Crippen LogP contribution in [-0.4, -0.2) is 41.3 Å². The zero-order chi connectivity index (χ0) is 15.5. The summed E-state index contributed by atoms with van der Waals surface area (Å²) in [6, 6.07) is 9.46. The van der Waals surface area contributed by atoms with Crippen LogP contribution < -0.4 is 5.32 Å². The summed E-state index contributed by atoms with van der Waals surface area (Å²) in [5.41, 5.74) is 0.285. The highest BCUT2D eigenvalue weighted by molar-refractivity contribution is 5.96. The van der Waals surface area contributed by atoms with Gasteiger partial charge in [-0.25, -0.2) is 0 Å². The van der Waals surface area contributed by atoms with E-state index in [2.05, 4.69) is 10.2 Å². The number of nitrogens with zero attached hydrogens (tertiary/aromatic N) is 1. The predicted molar refractivity (Wildman–Crippen MR) is 83.3 cm³/mol. The van der Waals surface area contributed by atoms with Crippen LogP contribution in [0.4, 0.5) is 0 Å². The monoisotopic (exact) mass is 288 g/mol. The average molecular weight is 288 g/mol. The molecule has 1 atom stereocenters. The van der Waals surface area contributed by atoms with E-state index in [0.717, 1.165) is 18.5 Å². The number of carbonyl (C=O) groups excluding carboxylic acids is 2. The third kappa shape index (κ3) is 3.50. The SMILES string of the molecule is CC(C)NC(=O)C1(C)CCN1CCC(=O)c1ccccc1. The summed E-state index contributed by atoms with van der Waals surface area (Å²) in [5.74, 6) is 0.199. The van der Waals surface area contributed by atoms with Gasteiger partial charge in [0, 0.05) is 31.1 Å². The molecule has 1 heterocycles. The Morgan fingerprint density at radius 2 is 1.95 bits per heavy atom. The molecule has 0 saturated carbocycles. The molecule has 1 aromatic carbocycles. The van der Waals surface area contributed by atoms with Gasteiger partial charge in [-0.15, -0.1) is 0 Å². The lowest BCUT2D eigenvalue weighted by Gasteiger charge is -2.49. The molecule has 0 radical (unpaired) electrons. The van der Waals surface area contributed by atoms with Gasteiger partial charge in [-0.05, 0) is 27.2 Å². The maximum absolute atomic E-state index is 12.2. The molecule has 1 fully saturated rings. The van der Waals surface area contributed by atoms with E-state index >= 15 is 0 Å². The second-order valence-electron chi connectivity index (χ2n) is 6.18. The van der Waals surface area contributed by atoms with Crippen LogP contribution in [0.5, 0.6) is 0 Å². The smallest absolute Gasteiger partial charge is 0.240 e. The van der Waals surface area contributed by atoms with Gasteiger partial charge in [-0.1, -0.05) is 30.3 Å². The van der Waals surface area contributed by atoms with Crippen molar-refractivity contribution in [3.05, 3.63) is 35.9 Å². The normalized spacial score (nSPS) is 21.9. The molecule has 21 heavy (non-hydrogen) atoms. The predicted octanol–water partition coefficient (Wildman–Crippen LogP) is 2.25. The Morgan fingerprint density at radius 1 is 1.29 bits per heavy atom. The van der Waals surface area contributed by atoms with E-state index in [9.17, 15) is 9.59 Å². The van der Waals surface area contributed by atoms with Crippen LogP contribution in [0.2, 0.25) is 0 Å². The molecule has 1 unspecified atom stereocenters. The maximum Gasteiger partial charge on any atom is 0.240 e. The quantitative estimate of drug-likeness (QED) is 0.817. The topological polar surface area (TPSA) is 49.4 Å². The van der Waals surface area contributed by atoms with E-state index in [-0.39, 0.29) is 17.7 Å². The van der Waals surface area contributed by atoms with Crippen molar-refractivity contribution in [2.24, 2.45) is 0 Å². The highest BCUT2D eigenvalue weighted by Gasteiger charge is 2.46. The molecule has 1 amide bonds. The minimum absolute atomic E-state index is 0.0657. The summed E-state index contributed by atoms with van der Waals surface area (Å²) in [6.45, 7) is 7.40. The fourth-order valence-electron chi connectivity index (χ4n) is 2.64. The van der Waals surface area contributed by atoms with Gasteiger partial charge < -0.3 is 5.32 Å². The molecule has 1 aliphatic rings. The number of hydrogen-bond acceptors (Lipinski definition) is 3.